The number of hydrogen-bond donors (Lipinski definition) is 2. The number of aromatic nitrogens is 1. The first-order valence-electron chi connectivity index (χ1n) is 7.92. The van der Waals surface area contributed by atoms with E-state index in [2.05, 4.69) is 15.8 Å². The molecule has 2 aromatic rings. The number of amides is 1. The van der Waals surface area contributed by atoms with E-state index in [0.717, 1.165) is 5.56 Å². The summed E-state index contributed by atoms with van der Waals surface area (Å²) in [5, 5.41) is -0.751. The zero-order valence-electron chi connectivity index (χ0n) is 13.4. The zero-order chi connectivity index (χ0) is 17.9. The summed E-state index contributed by atoms with van der Waals surface area (Å²) in [6, 6.07) is 11.1. The predicted molar refractivity (Wildman–Crippen MR) is 90.9 cm³/mol. The van der Waals surface area contributed by atoms with Gasteiger partial charge in [0.2, 0.25) is 0 Å². The van der Waals surface area contributed by atoms with Crippen molar-refractivity contribution in [2.45, 2.75) is 24.6 Å². The molecule has 6 nitrogen and oxygen atoms in total. The molecule has 1 aromatic heterocycles. The van der Waals surface area contributed by atoms with Gasteiger partial charge in [0, 0.05) is 12.1 Å². The van der Waals surface area contributed by atoms with Crippen LogP contribution in [0.15, 0.2) is 42.5 Å². The molecule has 25 heavy (non-hydrogen) atoms. The van der Waals surface area contributed by atoms with Crippen LogP contribution in [0, 0.1) is 5.82 Å². The molecule has 1 aliphatic rings. The number of pyridine rings is 1. The summed E-state index contributed by atoms with van der Waals surface area (Å²) < 4.78 is 36.4. The Morgan fingerprint density at radius 3 is 2.64 bits per heavy atom. The van der Waals surface area contributed by atoms with Crippen LogP contribution < -0.4 is 10.9 Å². The Bertz CT molecular complexity index is 869. The van der Waals surface area contributed by atoms with Gasteiger partial charge in [-0.05, 0) is 42.7 Å². The number of nitrogens with one attached hydrogen (secondary N) is 2. The van der Waals surface area contributed by atoms with Crippen LogP contribution in [0.3, 0.4) is 0 Å². The van der Waals surface area contributed by atoms with Crippen molar-refractivity contribution < 1.29 is 17.6 Å². The van der Waals surface area contributed by atoms with Crippen molar-refractivity contribution >= 4 is 15.7 Å². The molecule has 1 unspecified atom stereocenters. The summed E-state index contributed by atoms with van der Waals surface area (Å²) in [5.41, 5.74) is 6.71. The van der Waals surface area contributed by atoms with Crippen molar-refractivity contribution in [3.63, 3.8) is 0 Å². The number of halogens is 1. The highest BCUT2D eigenvalue weighted by Crippen LogP contribution is 2.16. The summed E-state index contributed by atoms with van der Waals surface area (Å²) >= 11 is 0. The Balaban J connectivity index is 1.64. The third kappa shape index (κ3) is 4.40. The summed E-state index contributed by atoms with van der Waals surface area (Å²) in [6.45, 7) is 0. The molecule has 1 fully saturated rings. The van der Waals surface area contributed by atoms with E-state index in [1.54, 1.807) is 30.3 Å². The second-order valence-electron chi connectivity index (χ2n) is 5.91. The Hall–Kier alpha value is -2.32. The van der Waals surface area contributed by atoms with E-state index >= 15 is 0 Å². The van der Waals surface area contributed by atoms with E-state index < -0.39 is 21.1 Å². The second-order valence-corrected chi connectivity index (χ2v) is 8.22. The smallest absolute Gasteiger partial charge is 0.284 e. The molecular weight excluding hydrogens is 345 g/mol. The van der Waals surface area contributed by atoms with Gasteiger partial charge >= 0.3 is 0 Å². The van der Waals surface area contributed by atoms with Crippen LogP contribution in [0.2, 0.25) is 0 Å². The normalized spacial score (nSPS) is 18.8. The molecule has 2 heterocycles. The standard InChI is InChI=1S/C17H18FN3O3S/c18-13-8-6-12(7-9-13)11-14-3-1-4-15(19-14)17(22)21-20-16-5-2-10-25(16,23)24/h1,3-4,6-9,16,20H,2,5,10-11H2,(H,21,22). The maximum absolute atomic E-state index is 12.9. The first-order chi connectivity index (χ1) is 11.9. The molecule has 0 saturated carbocycles. The monoisotopic (exact) mass is 363 g/mol. The Kier molecular flexibility index (Phi) is 5.10. The van der Waals surface area contributed by atoms with Gasteiger partial charge in [-0.1, -0.05) is 18.2 Å². The molecule has 132 valence electrons. The summed E-state index contributed by atoms with van der Waals surface area (Å²) in [7, 11) is -3.19. The summed E-state index contributed by atoms with van der Waals surface area (Å²) in [5.74, 6) is -0.674. The number of nitrogens with zero attached hydrogens (tertiary/aromatic N) is 1. The molecule has 1 aromatic carbocycles. The highest BCUT2D eigenvalue weighted by molar-refractivity contribution is 7.92. The lowest BCUT2D eigenvalue weighted by molar-refractivity contribution is 0.0925. The third-order valence-electron chi connectivity index (χ3n) is 4.01. The van der Waals surface area contributed by atoms with Gasteiger partial charge in [0.25, 0.3) is 5.91 Å². The second kappa shape index (κ2) is 7.28. The average molecular weight is 363 g/mol. The fraction of sp³-hybridized carbons (Fsp3) is 0.294. The minimum atomic E-state index is -3.19. The number of hydrogen-bond acceptors (Lipinski definition) is 5. The van der Waals surface area contributed by atoms with Crippen molar-refractivity contribution in [2.75, 3.05) is 5.75 Å². The molecule has 0 spiro atoms. The fourth-order valence-corrected chi connectivity index (χ4v) is 4.30. The molecule has 1 aliphatic heterocycles. The lowest BCUT2D eigenvalue weighted by atomic mass is 10.1. The Morgan fingerprint density at radius 2 is 1.96 bits per heavy atom. The maximum Gasteiger partial charge on any atom is 0.284 e. The van der Waals surface area contributed by atoms with Crippen LogP contribution in [-0.2, 0) is 16.3 Å². The minimum Gasteiger partial charge on any atom is -0.285 e. The first kappa shape index (κ1) is 17.5. The van der Waals surface area contributed by atoms with Gasteiger partial charge in [-0.2, -0.15) is 0 Å². The number of carbonyl (C=O) groups excluding carboxylic acids is 1. The molecule has 0 bridgehead atoms. The molecule has 3 rings (SSSR count). The van der Waals surface area contributed by atoms with Crippen molar-refractivity contribution in [3.05, 3.63) is 65.2 Å². The van der Waals surface area contributed by atoms with Gasteiger partial charge in [0.15, 0.2) is 9.84 Å². The van der Waals surface area contributed by atoms with Crippen molar-refractivity contribution in [1.29, 1.82) is 0 Å². The average Bonchev–Trinajstić information content (AvgIpc) is 2.93. The van der Waals surface area contributed by atoms with E-state index in [4.69, 9.17) is 0 Å². The summed E-state index contributed by atoms with van der Waals surface area (Å²) in [6.07, 6.45) is 1.52. The predicted octanol–water partition coefficient (Wildman–Crippen LogP) is 1.58. The van der Waals surface area contributed by atoms with Gasteiger partial charge in [0.1, 0.15) is 16.9 Å². The molecule has 1 saturated heterocycles. The quantitative estimate of drug-likeness (QED) is 0.788. The molecule has 0 radical (unpaired) electrons. The van der Waals surface area contributed by atoms with E-state index in [-0.39, 0.29) is 17.3 Å². The van der Waals surface area contributed by atoms with Crippen LogP contribution in [0.1, 0.15) is 34.6 Å². The van der Waals surface area contributed by atoms with Crippen molar-refractivity contribution in [1.82, 2.24) is 15.8 Å². The molecule has 1 amide bonds. The van der Waals surface area contributed by atoms with Crippen molar-refractivity contribution in [3.8, 4) is 0 Å². The number of benzene rings is 1. The van der Waals surface area contributed by atoms with Crippen LogP contribution in [-0.4, -0.2) is 30.4 Å². The minimum absolute atomic E-state index is 0.131. The van der Waals surface area contributed by atoms with Crippen LogP contribution >= 0.6 is 0 Å². The van der Waals surface area contributed by atoms with Gasteiger partial charge in [-0.15, -0.1) is 0 Å². The highest BCUT2D eigenvalue weighted by Gasteiger charge is 2.31. The summed E-state index contributed by atoms with van der Waals surface area (Å²) in [4.78, 5) is 16.5. The third-order valence-corrected chi connectivity index (χ3v) is 6.09. The highest BCUT2D eigenvalue weighted by atomic mass is 32.2. The topological polar surface area (TPSA) is 88.2 Å². The molecule has 8 heteroatoms. The lowest BCUT2D eigenvalue weighted by Gasteiger charge is -2.13. The molecule has 0 aliphatic carbocycles. The van der Waals surface area contributed by atoms with E-state index in [1.165, 1.54) is 12.1 Å². The number of sulfone groups is 1. The largest absolute Gasteiger partial charge is 0.285 e. The first-order valence-corrected chi connectivity index (χ1v) is 9.63. The van der Waals surface area contributed by atoms with E-state index in [0.29, 0.717) is 25.0 Å². The molecule has 1 atom stereocenters. The van der Waals surface area contributed by atoms with Gasteiger partial charge in [-0.3, -0.25) is 10.2 Å². The SMILES string of the molecule is O=C(NNC1CCCS1(=O)=O)c1cccc(Cc2ccc(F)cc2)n1. The van der Waals surface area contributed by atoms with Gasteiger partial charge < -0.3 is 0 Å². The number of hydrazine groups is 1. The van der Waals surface area contributed by atoms with E-state index in [1.807, 2.05) is 0 Å². The van der Waals surface area contributed by atoms with Crippen LogP contribution in [0.5, 0.6) is 0 Å². The maximum atomic E-state index is 12.9. The fourth-order valence-electron chi connectivity index (χ4n) is 2.68. The number of rotatable bonds is 5. The van der Waals surface area contributed by atoms with Crippen LogP contribution in [0.25, 0.3) is 0 Å². The van der Waals surface area contributed by atoms with E-state index in [9.17, 15) is 17.6 Å². The number of carbonyl (C=O) groups is 1. The molecular formula is C17H18FN3O3S. The zero-order valence-corrected chi connectivity index (χ0v) is 14.2. The van der Waals surface area contributed by atoms with Crippen molar-refractivity contribution in [2.24, 2.45) is 0 Å². The van der Waals surface area contributed by atoms with Gasteiger partial charge in [0.05, 0.1) is 5.75 Å². The molecule has 2 N–H and O–H groups in total. The lowest BCUT2D eigenvalue weighted by Crippen LogP contribution is -2.46. The Morgan fingerprint density at radius 1 is 1.20 bits per heavy atom. The van der Waals surface area contributed by atoms with Gasteiger partial charge in [-0.25, -0.2) is 23.2 Å². The van der Waals surface area contributed by atoms with Crippen LogP contribution in [0.4, 0.5) is 4.39 Å². The Labute approximate surface area is 145 Å².